The fourth-order valence-corrected chi connectivity index (χ4v) is 2.39. The Labute approximate surface area is 119 Å². The van der Waals surface area contributed by atoms with Crippen LogP contribution in [0.1, 0.15) is 19.6 Å². The molecule has 0 radical (unpaired) electrons. The van der Waals surface area contributed by atoms with Crippen LogP contribution in [0.2, 0.25) is 0 Å². The van der Waals surface area contributed by atoms with Gasteiger partial charge in [0.1, 0.15) is 18.1 Å². The lowest BCUT2D eigenvalue weighted by Gasteiger charge is -2.23. The van der Waals surface area contributed by atoms with Crippen molar-refractivity contribution < 1.29 is 28.7 Å². The summed E-state index contributed by atoms with van der Waals surface area (Å²) in [7, 11) is -4.67. The molecule has 0 spiro atoms. The molecule has 0 aliphatic carbocycles. The van der Waals surface area contributed by atoms with E-state index in [-0.39, 0.29) is 12.2 Å². The van der Waals surface area contributed by atoms with Gasteiger partial charge in [0, 0.05) is 12.6 Å². The maximum Gasteiger partial charge on any atom is 0.469 e. The van der Waals surface area contributed by atoms with Crippen molar-refractivity contribution in [2.45, 2.75) is 31.3 Å². The quantitative estimate of drug-likeness (QED) is 0.509. The van der Waals surface area contributed by atoms with E-state index in [9.17, 15) is 14.5 Å². The first-order chi connectivity index (χ1) is 9.58. The molecule has 2 rings (SSSR count). The van der Waals surface area contributed by atoms with Crippen molar-refractivity contribution in [1.29, 1.82) is 0 Å². The summed E-state index contributed by atoms with van der Waals surface area (Å²) in [5.41, 5.74) is 3.32. The van der Waals surface area contributed by atoms with E-state index in [1.54, 1.807) is 0 Å². The van der Waals surface area contributed by atoms with Crippen LogP contribution < -0.4 is 11.4 Å². The van der Waals surface area contributed by atoms with E-state index in [4.69, 9.17) is 20.3 Å². The average molecular weight is 321 g/mol. The lowest BCUT2D eigenvalue weighted by atomic mass is 9.98. The fraction of sp³-hybridized carbons (Fsp3) is 0.600. The van der Waals surface area contributed by atoms with E-state index in [2.05, 4.69) is 9.51 Å². The van der Waals surface area contributed by atoms with Crippen LogP contribution in [0, 0.1) is 0 Å². The van der Waals surface area contributed by atoms with Gasteiger partial charge < -0.3 is 25.4 Å². The Kier molecular flexibility index (Phi) is 4.20. The topological polar surface area (TPSA) is 157 Å². The van der Waals surface area contributed by atoms with Gasteiger partial charge in [-0.05, 0) is 13.0 Å². The minimum atomic E-state index is -4.67. The Morgan fingerprint density at radius 3 is 2.90 bits per heavy atom. The molecule has 1 aromatic rings. The number of phosphoric ester groups is 1. The van der Waals surface area contributed by atoms with Gasteiger partial charge in [-0.3, -0.25) is 9.09 Å². The molecule has 1 aromatic heterocycles. The number of nitrogens with zero attached hydrogens (tertiary/aromatic N) is 2. The summed E-state index contributed by atoms with van der Waals surface area (Å²) in [6.45, 7) is 0.918. The van der Waals surface area contributed by atoms with Gasteiger partial charge in [0.15, 0.2) is 0 Å². The van der Waals surface area contributed by atoms with Gasteiger partial charge in [-0.1, -0.05) is 0 Å². The van der Waals surface area contributed by atoms with E-state index in [1.165, 1.54) is 19.2 Å². The highest BCUT2D eigenvalue weighted by Gasteiger charge is 2.45. The second-order valence-electron chi connectivity index (χ2n) is 4.97. The van der Waals surface area contributed by atoms with Crippen LogP contribution in [0.3, 0.4) is 0 Å². The molecule has 21 heavy (non-hydrogen) atoms. The Balaban J connectivity index is 2.15. The molecule has 1 aliphatic rings. The molecule has 0 bridgehead atoms. The molecule has 1 saturated heterocycles. The van der Waals surface area contributed by atoms with Crippen LogP contribution in [0.25, 0.3) is 0 Å². The molecule has 0 amide bonds. The predicted octanol–water partition coefficient (Wildman–Crippen LogP) is -1.03. The fourth-order valence-electron chi connectivity index (χ4n) is 2.06. The van der Waals surface area contributed by atoms with Crippen LogP contribution in [0.5, 0.6) is 0 Å². The van der Waals surface area contributed by atoms with Crippen LogP contribution in [-0.4, -0.2) is 42.8 Å². The maximum absolute atomic E-state index is 11.7. The SMILES string of the molecule is CC1(O)CC(n2ccc(N)nc2=O)O[C@@H]1COP(=O)(O)O. The zero-order valence-corrected chi connectivity index (χ0v) is 12.0. The average Bonchev–Trinajstić information content (AvgIpc) is 2.60. The monoisotopic (exact) mass is 321 g/mol. The Morgan fingerprint density at radius 1 is 1.67 bits per heavy atom. The Hall–Kier alpha value is -1.29. The molecule has 2 heterocycles. The highest BCUT2D eigenvalue weighted by molar-refractivity contribution is 7.46. The van der Waals surface area contributed by atoms with Gasteiger partial charge in [-0.25, -0.2) is 9.36 Å². The lowest BCUT2D eigenvalue weighted by Crippen LogP contribution is -2.37. The minimum absolute atomic E-state index is 0.0354. The molecule has 1 aliphatic heterocycles. The van der Waals surface area contributed by atoms with Crippen molar-refractivity contribution in [1.82, 2.24) is 9.55 Å². The number of phosphoric acid groups is 1. The van der Waals surface area contributed by atoms with Crippen molar-refractivity contribution in [2.24, 2.45) is 0 Å². The number of nitrogens with two attached hydrogens (primary N) is 1. The minimum Gasteiger partial charge on any atom is -0.387 e. The van der Waals surface area contributed by atoms with Crippen LogP contribution in [0.15, 0.2) is 17.1 Å². The molecule has 0 saturated carbocycles. The zero-order chi connectivity index (χ0) is 15.8. The number of aliphatic hydroxyl groups is 1. The Bertz CT molecular complexity index is 625. The predicted molar refractivity (Wildman–Crippen MR) is 70.1 cm³/mol. The lowest BCUT2D eigenvalue weighted by molar-refractivity contribution is -0.0739. The standard InChI is InChI=1S/C10H16N3O7P/c1-10(15)4-8(13-3-2-7(11)12-9(13)14)20-6(10)5-19-21(16,17)18/h2-3,6,8,15H,4-5H2,1H3,(H2,11,12,14)(H2,16,17,18)/t6-,8?,10?/m1/s1. The van der Waals surface area contributed by atoms with Crippen molar-refractivity contribution >= 4 is 13.6 Å². The molecule has 11 heteroatoms. The normalized spacial score (nSPS) is 29.7. The molecule has 5 N–H and O–H groups in total. The molecule has 118 valence electrons. The first-order valence-corrected chi connectivity index (χ1v) is 7.54. The van der Waals surface area contributed by atoms with E-state index in [0.29, 0.717) is 0 Å². The largest absolute Gasteiger partial charge is 0.469 e. The second-order valence-corrected chi connectivity index (χ2v) is 6.21. The highest BCUT2D eigenvalue weighted by atomic mass is 31.2. The van der Waals surface area contributed by atoms with Crippen molar-refractivity contribution in [3.8, 4) is 0 Å². The van der Waals surface area contributed by atoms with Gasteiger partial charge >= 0.3 is 13.5 Å². The molecular weight excluding hydrogens is 305 g/mol. The van der Waals surface area contributed by atoms with Crippen molar-refractivity contribution in [3.63, 3.8) is 0 Å². The smallest absolute Gasteiger partial charge is 0.387 e. The number of ether oxygens (including phenoxy) is 1. The third-order valence-corrected chi connectivity index (χ3v) is 3.64. The third kappa shape index (κ3) is 3.88. The maximum atomic E-state index is 11.7. The molecule has 1 fully saturated rings. The summed E-state index contributed by atoms with van der Waals surface area (Å²) >= 11 is 0. The van der Waals surface area contributed by atoms with E-state index >= 15 is 0 Å². The zero-order valence-electron chi connectivity index (χ0n) is 11.1. The van der Waals surface area contributed by atoms with Gasteiger partial charge in [0.25, 0.3) is 0 Å². The number of nitrogen functional groups attached to an aromatic ring is 1. The molecule has 10 nitrogen and oxygen atoms in total. The second kappa shape index (κ2) is 5.48. The van der Waals surface area contributed by atoms with Gasteiger partial charge in [0.05, 0.1) is 12.2 Å². The van der Waals surface area contributed by atoms with Crippen LogP contribution in [0.4, 0.5) is 5.82 Å². The van der Waals surface area contributed by atoms with E-state index in [1.807, 2.05) is 0 Å². The molecule has 2 unspecified atom stereocenters. The molecular formula is C10H16N3O7P. The first-order valence-electron chi connectivity index (χ1n) is 6.01. The number of anilines is 1. The highest BCUT2D eigenvalue weighted by Crippen LogP contribution is 2.41. The van der Waals surface area contributed by atoms with Crippen LogP contribution in [-0.2, 0) is 13.8 Å². The van der Waals surface area contributed by atoms with Crippen molar-refractivity contribution in [2.75, 3.05) is 12.3 Å². The molecule has 0 aromatic carbocycles. The summed E-state index contributed by atoms with van der Waals surface area (Å²) < 4.78 is 21.6. The summed E-state index contributed by atoms with van der Waals surface area (Å²) in [6, 6.07) is 1.40. The van der Waals surface area contributed by atoms with Gasteiger partial charge in [0.2, 0.25) is 0 Å². The summed E-state index contributed by atoms with van der Waals surface area (Å²) in [6.07, 6.45) is -0.420. The summed E-state index contributed by atoms with van der Waals surface area (Å²) in [5.74, 6) is 0.0578. The third-order valence-electron chi connectivity index (χ3n) is 3.16. The number of rotatable bonds is 4. The summed E-state index contributed by atoms with van der Waals surface area (Å²) in [5, 5.41) is 10.2. The van der Waals surface area contributed by atoms with Gasteiger partial charge in [-0.15, -0.1) is 0 Å². The van der Waals surface area contributed by atoms with E-state index < -0.39 is 38.1 Å². The van der Waals surface area contributed by atoms with Gasteiger partial charge in [-0.2, -0.15) is 4.98 Å². The summed E-state index contributed by atoms with van der Waals surface area (Å²) in [4.78, 5) is 32.6. The number of hydrogen-bond donors (Lipinski definition) is 4. The van der Waals surface area contributed by atoms with E-state index in [0.717, 1.165) is 4.57 Å². The molecule has 3 atom stereocenters. The van der Waals surface area contributed by atoms with Crippen LogP contribution >= 0.6 is 7.82 Å². The number of hydrogen-bond acceptors (Lipinski definition) is 7. The first kappa shape index (κ1) is 16.1. The van der Waals surface area contributed by atoms with Crippen molar-refractivity contribution in [3.05, 3.63) is 22.7 Å². The number of aromatic nitrogens is 2. The Morgan fingerprint density at radius 2 is 2.33 bits per heavy atom.